The van der Waals surface area contributed by atoms with Crippen LogP contribution in [0.5, 0.6) is 0 Å². The second-order valence-corrected chi connectivity index (χ2v) is 8.28. The summed E-state index contributed by atoms with van der Waals surface area (Å²) >= 11 is 3.09. The van der Waals surface area contributed by atoms with E-state index in [2.05, 4.69) is 33.5 Å². The van der Waals surface area contributed by atoms with Crippen LogP contribution in [-0.4, -0.2) is 40.9 Å². The molecule has 0 spiro atoms. The molecule has 3 aromatic rings. The summed E-state index contributed by atoms with van der Waals surface area (Å²) in [7, 11) is 0. The summed E-state index contributed by atoms with van der Waals surface area (Å²) < 4.78 is 5.47. The van der Waals surface area contributed by atoms with E-state index in [4.69, 9.17) is 4.74 Å². The third kappa shape index (κ3) is 5.76. The molecule has 3 rings (SSSR count). The third-order valence-corrected chi connectivity index (χ3v) is 5.88. The summed E-state index contributed by atoms with van der Waals surface area (Å²) in [6.07, 6.45) is 2.61. The Bertz CT molecular complexity index is 881. The first-order valence-electron chi connectivity index (χ1n) is 8.94. The van der Waals surface area contributed by atoms with Gasteiger partial charge in [0.05, 0.1) is 11.9 Å². The Morgan fingerprint density at radius 1 is 1.26 bits per heavy atom. The lowest BCUT2D eigenvalue weighted by Gasteiger charge is -2.08. The molecule has 1 aromatic carbocycles. The third-order valence-electron chi connectivity index (χ3n) is 3.79. The average molecular weight is 402 g/mol. The van der Waals surface area contributed by atoms with Crippen molar-refractivity contribution >= 4 is 39.2 Å². The highest BCUT2D eigenvalue weighted by Gasteiger charge is 2.12. The fourth-order valence-electron chi connectivity index (χ4n) is 2.50. The minimum absolute atomic E-state index is 0.00909. The predicted molar refractivity (Wildman–Crippen MR) is 112 cm³/mol. The molecule has 0 fully saturated rings. The van der Waals surface area contributed by atoms with E-state index in [-0.39, 0.29) is 12.0 Å². The van der Waals surface area contributed by atoms with Crippen LogP contribution < -0.4 is 5.32 Å². The van der Waals surface area contributed by atoms with Crippen LogP contribution in [-0.2, 0) is 9.53 Å². The Balaban J connectivity index is 1.57. The second-order valence-electron chi connectivity index (χ2n) is 6.29. The number of nitrogens with one attached hydrogen (secondary N) is 1. The molecule has 0 unspecified atom stereocenters. The molecule has 2 heterocycles. The number of ether oxygens (including phenoxy) is 1. The summed E-state index contributed by atoms with van der Waals surface area (Å²) in [5, 5.41) is 4.77. The van der Waals surface area contributed by atoms with Gasteiger partial charge in [-0.15, -0.1) is 11.3 Å². The van der Waals surface area contributed by atoms with E-state index in [1.807, 2.05) is 32.0 Å². The second kappa shape index (κ2) is 9.82. The van der Waals surface area contributed by atoms with Gasteiger partial charge in [0.1, 0.15) is 16.2 Å². The normalized spacial score (nSPS) is 11.2. The topological polar surface area (TPSA) is 64.1 Å². The van der Waals surface area contributed by atoms with E-state index in [0.717, 1.165) is 32.1 Å². The van der Waals surface area contributed by atoms with Gasteiger partial charge < -0.3 is 10.1 Å². The summed E-state index contributed by atoms with van der Waals surface area (Å²) in [6, 6.07) is 12.3. The summed E-state index contributed by atoms with van der Waals surface area (Å²) in [4.78, 5) is 22.9. The molecule has 0 bridgehead atoms. The van der Waals surface area contributed by atoms with E-state index in [9.17, 15) is 4.79 Å². The Hall–Kier alpha value is -1.96. The van der Waals surface area contributed by atoms with E-state index >= 15 is 0 Å². The van der Waals surface area contributed by atoms with Gasteiger partial charge in [0.15, 0.2) is 0 Å². The van der Waals surface area contributed by atoms with Gasteiger partial charge in [-0.05, 0) is 31.9 Å². The van der Waals surface area contributed by atoms with E-state index in [0.29, 0.717) is 18.9 Å². The van der Waals surface area contributed by atoms with Crippen molar-refractivity contribution in [1.82, 2.24) is 15.3 Å². The van der Waals surface area contributed by atoms with Gasteiger partial charge in [-0.25, -0.2) is 9.97 Å². The Labute approximate surface area is 167 Å². The van der Waals surface area contributed by atoms with Gasteiger partial charge in [0, 0.05) is 23.4 Å². The molecule has 0 saturated heterocycles. The molecule has 0 aliphatic rings. The Kier molecular flexibility index (Phi) is 7.20. The number of thiophene rings is 1. The van der Waals surface area contributed by atoms with Crippen molar-refractivity contribution in [1.29, 1.82) is 0 Å². The smallest absolute Gasteiger partial charge is 0.230 e. The monoisotopic (exact) mass is 401 g/mol. The molecular formula is C20H23N3O2S2. The van der Waals surface area contributed by atoms with Crippen molar-refractivity contribution in [3.63, 3.8) is 0 Å². The number of carbonyl (C=O) groups is 1. The number of amides is 1. The van der Waals surface area contributed by atoms with Gasteiger partial charge in [-0.2, -0.15) is 0 Å². The van der Waals surface area contributed by atoms with Gasteiger partial charge in [-0.3, -0.25) is 4.79 Å². The Morgan fingerprint density at radius 3 is 2.85 bits per heavy atom. The number of nitrogens with zero attached hydrogens (tertiary/aromatic N) is 2. The molecule has 7 heteroatoms. The van der Waals surface area contributed by atoms with Crippen molar-refractivity contribution < 1.29 is 9.53 Å². The fraction of sp³-hybridized carbons (Fsp3) is 0.350. The molecule has 1 amide bonds. The molecule has 0 radical (unpaired) electrons. The minimum Gasteiger partial charge on any atom is -0.379 e. The number of thioether (sulfide) groups is 1. The SMILES string of the molecule is CC(C)OCCCNC(=O)CSc1ncnc2sc(-c3ccccc3)cc12. The zero-order valence-electron chi connectivity index (χ0n) is 15.5. The van der Waals surface area contributed by atoms with Gasteiger partial charge in [0.25, 0.3) is 0 Å². The molecule has 0 atom stereocenters. The van der Waals surface area contributed by atoms with E-state index in [1.165, 1.54) is 11.8 Å². The maximum Gasteiger partial charge on any atom is 0.230 e. The minimum atomic E-state index is 0.00909. The van der Waals surface area contributed by atoms with Crippen LogP contribution in [0.3, 0.4) is 0 Å². The molecule has 142 valence electrons. The Morgan fingerprint density at radius 2 is 2.07 bits per heavy atom. The highest BCUT2D eigenvalue weighted by Crippen LogP contribution is 2.35. The number of rotatable bonds is 9. The van der Waals surface area contributed by atoms with E-state index in [1.54, 1.807) is 17.7 Å². The number of fused-ring (bicyclic) bond motifs is 1. The summed E-state index contributed by atoms with van der Waals surface area (Å²) in [5.74, 6) is 0.350. The van der Waals surface area contributed by atoms with Crippen molar-refractivity contribution in [2.45, 2.75) is 31.4 Å². The van der Waals surface area contributed by atoms with Crippen LogP contribution >= 0.6 is 23.1 Å². The average Bonchev–Trinajstić information content (AvgIpc) is 3.11. The number of carbonyl (C=O) groups excluding carboxylic acids is 1. The summed E-state index contributed by atoms with van der Waals surface area (Å²) in [5.41, 5.74) is 1.16. The molecule has 0 saturated carbocycles. The lowest BCUT2D eigenvalue weighted by molar-refractivity contribution is -0.118. The quantitative estimate of drug-likeness (QED) is 0.327. The van der Waals surface area contributed by atoms with Crippen LogP contribution in [0.15, 0.2) is 47.8 Å². The standard InChI is InChI=1S/C20H23N3O2S2/c1-14(2)25-10-6-9-21-18(24)12-26-19-16-11-17(15-7-4-3-5-8-15)27-20(16)23-13-22-19/h3-5,7-8,11,13-14H,6,9-10,12H2,1-2H3,(H,21,24). The number of benzene rings is 1. The van der Waals surface area contributed by atoms with E-state index < -0.39 is 0 Å². The predicted octanol–water partition coefficient (Wildman–Crippen LogP) is 4.38. The number of hydrogen-bond acceptors (Lipinski definition) is 6. The first-order valence-corrected chi connectivity index (χ1v) is 10.7. The van der Waals surface area contributed by atoms with Gasteiger partial charge in [-0.1, -0.05) is 42.1 Å². The fourth-order valence-corrected chi connectivity index (χ4v) is 4.37. The van der Waals surface area contributed by atoms with Gasteiger partial charge >= 0.3 is 0 Å². The molecule has 0 aliphatic heterocycles. The summed E-state index contributed by atoms with van der Waals surface area (Å²) in [6.45, 7) is 5.30. The van der Waals surface area contributed by atoms with Crippen molar-refractivity contribution in [2.24, 2.45) is 0 Å². The molecule has 0 aliphatic carbocycles. The first-order chi connectivity index (χ1) is 13.1. The zero-order chi connectivity index (χ0) is 19.1. The lowest BCUT2D eigenvalue weighted by atomic mass is 10.2. The van der Waals surface area contributed by atoms with Crippen LogP contribution in [0.4, 0.5) is 0 Å². The molecule has 5 nitrogen and oxygen atoms in total. The van der Waals surface area contributed by atoms with Crippen LogP contribution in [0.2, 0.25) is 0 Å². The maximum atomic E-state index is 12.1. The highest BCUT2D eigenvalue weighted by atomic mass is 32.2. The number of hydrogen-bond donors (Lipinski definition) is 1. The highest BCUT2D eigenvalue weighted by molar-refractivity contribution is 8.00. The largest absolute Gasteiger partial charge is 0.379 e. The van der Waals surface area contributed by atoms with Crippen LogP contribution in [0.1, 0.15) is 20.3 Å². The lowest BCUT2D eigenvalue weighted by Crippen LogP contribution is -2.27. The number of aromatic nitrogens is 2. The maximum absolute atomic E-state index is 12.1. The van der Waals surface area contributed by atoms with Crippen molar-refractivity contribution in [3.8, 4) is 10.4 Å². The molecule has 2 aromatic heterocycles. The van der Waals surface area contributed by atoms with Crippen molar-refractivity contribution in [2.75, 3.05) is 18.9 Å². The van der Waals surface area contributed by atoms with Gasteiger partial charge in [0.2, 0.25) is 5.91 Å². The molecule has 27 heavy (non-hydrogen) atoms. The molecule has 1 N–H and O–H groups in total. The first kappa shape index (κ1) is 19.8. The van der Waals surface area contributed by atoms with Crippen LogP contribution in [0, 0.1) is 0 Å². The zero-order valence-corrected chi connectivity index (χ0v) is 17.1. The van der Waals surface area contributed by atoms with Crippen LogP contribution in [0.25, 0.3) is 20.7 Å². The van der Waals surface area contributed by atoms with Crippen molar-refractivity contribution in [3.05, 3.63) is 42.7 Å². The molecular weight excluding hydrogens is 378 g/mol.